The van der Waals surface area contributed by atoms with Gasteiger partial charge in [-0.1, -0.05) is 0 Å². The van der Waals surface area contributed by atoms with Gasteiger partial charge in [0, 0.05) is 52.9 Å². The number of guanidine groups is 1. The van der Waals surface area contributed by atoms with Crippen LogP contribution in [0.5, 0.6) is 0 Å². The van der Waals surface area contributed by atoms with Crippen LogP contribution in [0.2, 0.25) is 0 Å². The molecule has 0 aliphatic carbocycles. The van der Waals surface area contributed by atoms with Crippen molar-refractivity contribution in [3.05, 3.63) is 12.7 Å². The summed E-state index contributed by atoms with van der Waals surface area (Å²) in [5, 5.41) is 7.48. The molecule has 0 saturated carbocycles. The lowest BCUT2D eigenvalue weighted by atomic mass is 10.2. The Morgan fingerprint density at radius 3 is 2.50 bits per heavy atom. The van der Waals surface area contributed by atoms with E-state index in [-0.39, 0.29) is 11.9 Å². The molecule has 3 rings (SSSR count). The number of likely N-dealkylation sites (tertiary alicyclic amines) is 1. The second-order valence-corrected chi connectivity index (χ2v) is 6.86. The van der Waals surface area contributed by atoms with Gasteiger partial charge in [0.2, 0.25) is 5.91 Å². The quantitative estimate of drug-likeness (QED) is 0.561. The van der Waals surface area contributed by atoms with Gasteiger partial charge >= 0.3 is 0 Å². The maximum absolute atomic E-state index is 12.6. The molecule has 9 heteroatoms. The molecular weight excluding hydrogens is 332 g/mol. The summed E-state index contributed by atoms with van der Waals surface area (Å²) in [6.45, 7) is 8.90. The molecule has 2 aliphatic heterocycles. The Bertz CT molecular complexity index is 588. The number of amides is 1. The molecule has 0 bridgehead atoms. The molecule has 1 amide bonds. The molecule has 0 aromatic carbocycles. The molecular formula is C17H30N8O. The number of nitrogens with one attached hydrogen (secondary N) is 1. The zero-order chi connectivity index (χ0) is 18.4. The highest BCUT2D eigenvalue weighted by atomic mass is 16.2. The van der Waals surface area contributed by atoms with Gasteiger partial charge in [-0.25, -0.2) is 4.98 Å². The Kier molecular flexibility index (Phi) is 6.43. The highest BCUT2D eigenvalue weighted by Crippen LogP contribution is 2.14. The number of carbonyl (C=O) groups is 1. The number of rotatable bonds is 5. The number of aliphatic imine (C=N–C) groups is 1. The predicted molar refractivity (Wildman–Crippen MR) is 99.8 cm³/mol. The third kappa shape index (κ3) is 4.51. The molecule has 1 unspecified atom stereocenters. The van der Waals surface area contributed by atoms with Gasteiger partial charge in [-0.2, -0.15) is 5.10 Å². The Morgan fingerprint density at radius 1 is 1.15 bits per heavy atom. The molecule has 2 aliphatic rings. The number of hydrogen-bond acceptors (Lipinski definition) is 5. The molecule has 0 radical (unpaired) electrons. The van der Waals surface area contributed by atoms with Crippen LogP contribution in [0.1, 0.15) is 19.8 Å². The molecule has 1 atom stereocenters. The maximum atomic E-state index is 12.6. The van der Waals surface area contributed by atoms with Gasteiger partial charge in [0.25, 0.3) is 0 Å². The zero-order valence-corrected chi connectivity index (χ0v) is 15.8. The fraction of sp³-hybridized carbons (Fsp3) is 0.765. The summed E-state index contributed by atoms with van der Waals surface area (Å²) >= 11 is 0. The number of hydrogen-bond donors (Lipinski definition) is 1. The third-order valence-corrected chi connectivity index (χ3v) is 5.24. The average Bonchev–Trinajstić information content (AvgIpc) is 3.38. The predicted octanol–water partition coefficient (Wildman–Crippen LogP) is -0.518. The molecule has 2 fully saturated rings. The average molecular weight is 362 g/mol. The van der Waals surface area contributed by atoms with E-state index in [0.29, 0.717) is 0 Å². The summed E-state index contributed by atoms with van der Waals surface area (Å²) in [6, 6.07) is -0.0301. The maximum Gasteiger partial charge on any atom is 0.239 e. The lowest BCUT2D eigenvalue weighted by molar-refractivity contribution is -0.135. The van der Waals surface area contributed by atoms with Crippen molar-refractivity contribution in [1.82, 2.24) is 34.8 Å². The van der Waals surface area contributed by atoms with Gasteiger partial charge in [0.05, 0.1) is 12.6 Å². The molecule has 1 aromatic rings. The summed E-state index contributed by atoms with van der Waals surface area (Å²) in [6.07, 6.45) is 5.53. The van der Waals surface area contributed by atoms with E-state index < -0.39 is 0 Å². The summed E-state index contributed by atoms with van der Waals surface area (Å²) in [5.41, 5.74) is 0. The topological polar surface area (TPSA) is 81.9 Å². The van der Waals surface area contributed by atoms with E-state index in [0.717, 1.165) is 71.2 Å². The first-order valence-electron chi connectivity index (χ1n) is 9.50. The van der Waals surface area contributed by atoms with Crippen LogP contribution in [-0.2, 0) is 11.3 Å². The van der Waals surface area contributed by atoms with E-state index >= 15 is 0 Å². The zero-order valence-electron chi connectivity index (χ0n) is 15.8. The van der Waals surface area contributed by atoms with E-state index in [4.69, 9.17) is 0 Å². The van der Waals surface area contributed by atoms with E-state index in [1.165, 1.54) is 0 Å². The molecule has 144 valence electrons. The first kappa shape index (κ1) is 18.6. The van der Waals surface area contributed by atoms with Crippen LogP contribution in [-0.4, -0.2) is 100 Å². The Hall–Kier alpha value is -2.16. The second kappa shape index (κ2) is 8.98. The minimum Gasteiger partial charge on any atom is -0.354 e. The first-order chi connectivity index (χ1) is 12.7. The fourth-order valence-electron chi connectivity index (χ4n) is 3.64. The van der Waals surface area contributed by atoms with Crippen molar-refractivity contribution in [2.45, 2.75) is 32.4 Å². The van der Waals surface area contributed by atoms with Crippen molar-refractivity contribution in [3.8, 4) is 0 Å². The monoisotopic (exact) mass is 362 g/mol. The van der Waals surface area contributed by atoms with Crippen LogP contribution in [0.25, 0.3) is 0 Å². The lowest BCUT2D eigenvalue weighted by Crippen LogP contribution is -2.57. The van der Waals surface area contributed by atoms with Crippen molar-refractivity contribution in [2.75, 3.05) is 52.9 Å². The molecule has 1 N–H and O–H groups in total. The van der Waals surface area contributed by atoms with Gasteiger partial charge in [-0.3, -0.25) is 19.4 Å². The number of piperazine rings is 1. The molecule has 3 heterocycles. The summed E-state index contributed by atoms with van der Waals surface area (Å²) in [5.74, 6) is 1.19. The second-order valence-electron chi connectivity index (χ2n) is 6.86. The van der Waals surface area contributed by atoms with Crippen LogP contribution < -0.4 is 5.32 Å². The summed E-state index contributed by atoms with van der Waals surface area (Å²) < 4.78 is 1.80. The molecule has 9 nitrogen and oxygen atoms in total. The Balaban J connectivity index is 1.43. The Labute approximate surface area is 155 Å². The number of aromatic nitrogens is 3. The molecule has 1 aromatic heterocycles. The van der Waals surface area contributed by atoms with Crippen molar-refractivity contribution < 1.29 is 4.79 Å². The molecule has 2 saturated heterocycles. The minimum atomic E-state index is -0.0301. The van der Waals surface area contributed by atoms with Crippen molar-refractivity contribution in [2.24, 2.45) is 4.99 Å². The number of carbonyl (C=O) groups excluding carboxylic acids is 1. The van der Waals surface area contributed by atoms with Gasteiger partial charge < -0.3 is 15.1 Å². The van der Waals surface area contributed by atoms with E-state index in [9.17, 15) is 4.79 Å². The third-order valence-electron chi connectivity index (χ3n) is 5.24. The fourth-order valence-corrected chi connectivity index (χ4v) is 3.64. The van der Waals surface area contributed by atoms with Gasteiger partial charge in [-0.05, 0) is 19.8 Å². The SMILES string of the molecule is CN=C(NCCn1cncn1)N1CCN(C(C)C(=O)N2CCCC2)CC1. The normalized spacial score (nSPS) is 20.5. The van der Waals surface area contributed by atoms with Crippen LogP contribution in [0.4, 0.5) is 0 Å². The van der Waals surface area contributed by atoms with E-state index in [1.54, 1.807) is 17.3 Å². The largest absolute Gasteiger partial charge is 0.354 e. The van der Waals surface area contributed by atoms with Crippen LogP contribution >= 0.6 is 0 Å². The van der Waals surface area contributed by atoms with Gasteiger partial charge in [0.1, 0.15) is 12.7 Å². The van der Waals surface area contributed by atoms with Crippen LogP contribution in [0, 0.1) is 0 Å². The first-order valence-corrected chi connectivity index (χ1v) is 9.50. The van der Waals surface area contributed by atoms with Crippen molar-refractivity contribution in [3.63, 3.8) is 0 Å². The highest BCUT2D eigenvalue weighted by Gasteiger charge is 2.30. The summed E-state index contributed by atoms with van der Waals surface area (Å²) in [4.78, 5) is 27.5. The minimum absolute atomic E-state index is 0.0301. The van der Waals surface area contributed by atoms with Gasteiger partial charge in [0.15, 0.2) is 5.96 Å². The van der Waals surface area contributed by atoms with Crippen molar-refractivity contribution in [1.29, 1.82) is 0 Å². The lowest BCUT2D eigenvalue weighted by Gasteiger charge is -2.39. The highest BCUT2D eigenvalue weighted by molar-refractivity contribution is 5.82. The van der Waals surface area contributed by atoms with E-state index in [1.807, 2.05) is 18.9 Å². The van der Waals surface area contributed by atoms with E-state index in [2.05, 4.69) is 30.2 Å². The smallest absolute Gasteiger partial charge is 0.239 e. The molecule has 26 heavy (non-hydrogen) atoms. The van der Waals surface area contributed by atoms with Gasteiger partial charge in [-0.15, -0.1) is 0 Å². The number of nitrogens with zero attached hydrogens (tertiary/aromatic N) is 7. The molecule has 0 spiro atoms. The summed E-state index contributed by atoms with van der Waals surface area (Å²) in [7, 11) is 1.81. The Morgan fingerprint density at radius 2 is 1.88 bits per heavy atom. The standard InChI is InChI=1S/C17H30N8O/c1-15(16(26)23-6-3-4-7-23)22-9-11-24(12-10-22)17(18-2)20-5-8-25-14-19-13-21-25/h13-15H,3-12H2,1-2H3,(H,18,20). The van der Waals surface area contributed by atoms with Crippen LogP contribution in [0.15, 0.2) is 17.6 Å². The van der Waals surface area contributed by atoms with Crippen molar-refractivity contribution >= 4 is 11.9 Å². The van der Waals surface area contributed by atoms with Crippen LogP contribution in [0.3, 0.4) is 0 Å².